The molecule has 2 radical (unpaired) electrons. The lowest BCUT2D eigenvalue weighted by molar-refractivity contribution is 0.260. The van der Waals surface area contributed by atoms with Crippen LogP contribution < -0.4 is 5.19 Å². The summed E-state index contributed by atoms with van der Waals surface area (Å²) < 4.78 is 5.92. The van der Waals surface area contributed by atoms with Crippen LogP contribution in [0, 0.1) is 0 Å². The van der Waals surface area contributed by atoms with Crippen LogP contribution in [0.3, 0.4) is 0 Å². The molecular formula is C23H18OSi. The van der Waals surface area contributed by atoms with Gasteiger partial charge in [0.1, 0.15) is 0 Å². The molecule has 5 rings (SSSR count). The van der Waals surface area contributed by atoms with Crippen molar-refractivity contribution in [1.82, 2.24) is 0 Å². The maximum Gasteiger partial charge on any atom is 0.269 e. The predicted octanol–water partition coefficient (Wildman–Crippen LogP) is 5.41. The van der Waals surface area contributed by atoms with Crippen molar-refractivity contribution in [2.45, 2.75) is 20.0 Å². The fraction of sp³-hybridized carbons (Fsp3) is 0.130. The third kappa shape index (κ3) is 2.18. The van der Waals surface area contributed by atoms with Crippen LogP contribution in [0.1, 0.15) is 13.8 Å². The van der Waals surface area contributed by atoms with Crippen molar-refractivity contribution in [3.8, 4) is 0 Å². The minimum Gasteiger partial charge on any atom is -0.409 e. The first kappa shape index (κ1) is 14.9. The van der Waals surface area contributed by atoms with Gasteiger partial charge in [-0.25, -0.2) is 0 Å². The summed E-state index contributed by atoms with van der Waals surface area (Å²) in [4.78, 5) is 0. The topological polar surface area (TPSA) is 9.23 Å². The third-order valence-corrected chi connectivity index (χ3v) is 6.18. The Morgan fingerprint density at radius 2 is 1.20 bits per heavy atom. The number of hydrogen-bond acceptors (Lipinski definition) is 1. The van der Waals surface area contributed by atoms with Gasteiger partial charge in [0, 0.05) is 6.10 Å². The molecule has 0 aromatic heterocycles. The molecule has 0 heterocycles. The van der Waals surface area contributed by atoms with E-state index in [0.717, 1.165) is 0 Å². The summed E-state index contributed by atoms with van der Waals surface area (Å²) in [7, 11) is 0.381. The Bertz CT molecular complexity index is 1170. The average Bonchev–Trinajstić information content (AvgIpc) is 2.64. The molecular weight excluding hydrogens is 320 g/mol. The van der Waals surface area contributed by atoms with Crippen LogP contribution >= 0.6 is 0 Å². The van der Waals surface area contributed by atoms with Crippen molar-refractivity contribution in [3.63, 3.8) is 0 Å². The zero-order chi connectivity index (χ0) is 17.0. The van der Waals surface area contributed by atoms with E-state index in [4.69, 9.17) is 4.43 Å². The lowest BCUT2D eigenvalue weighted by Gasteiger charge is -2.16. The zero-order valence-electron chi connectivity index (χ0n) is 14.3. The molecule has 0 saturated heterocycles. The van der Waals surface area contributed by atoms with Crippen LogP contribution in [0.4, 0.5) is 0 Å². The first-order chi connectivity index (χ1) is 12.2. The molecule has 5 aromatic carbocycles. The highest BCUT2D eigenvalue weighted by Crippen LogP contribution is 2.39. The van der Waals surface area contributed by atoms with Crippen molar-refractivity contribution in [2.24, 2.45) is 0 Å². The number of rotatable bonds is 3. The zero-order valence-corrected chi connectivity index (χ0v) is 15.3. The van der Waals surface area contributed by atoms with Gasteiger partial charge < -0.3 is 4.43 Å². The average molecular weight is 338 g/mol. The third-order valence-electron chi connectivity index (χ3n) is 4.93. The smallest absolute Gasteiger partial charge is 0.269 e. The summed E-state index contributed by atoms with van der Waals surface area (Å²) in [6.45, 7) is 4.18. The number of hydrogen-bond donors (Lipinski definition) is 0. The van der Waals surface area contributed by atoms with E-state index in [1.54, 1.807) is 0 Å². The second-order valence-corrected chi connectivity index (χ2v) is 7.85. The fourth-order valence-electron chi connectivity index (χ4n) is 3.92. The summed E-state index contributed by atoms with van der Waals surface area (Å²) in [6.07, 6.45) is 0.249. The van der Waals surface area contributed by atoms with Gasteiger partial charge in [-0.3, -0.25) is 0 Å². The number of benzene rings is 5. The van der Waals surface area contributed by atoms with E-state index in [-0.39, 0.29) is 6.10 Å². The second kappa shape index (κ2) is 5.55. The van der Waals surface area contributed by atoms with E-state index in [9.17, 15) is 0 Å². The molecule has 1 nitrogen and oxygen atoms in total. The Labute approximate surface area is 149 Å². The molecule has 120 valence electrons. The van der Waals surface area contributed by atoms with E-state index in [0.29, 0.717) is 9.76 Å². The van der Waals surface area contributed by atoms with Gasteiger partial charge in [0.15, 0.2) is 0 Å². The first-order valence-corrected chi connectivity index (χ1v) is 9.65. The molecule has 0 unspecified atom stereocenters. The minimum atomic E-state index is 0.249. The van der Waals surface area contributed by atoms with Crippen LogP contribution in [-0.2, 0) is 4.43 Å². The molecule has 0 N–H and O–H groups in total. The van der Waals surface area contributed by atoms with Crippen molar-refractivity contribution >= 4 is 58.0 Å². The van der Waals surface area contributed by atoms with Crippen LogP contribution in [0.2, 0.25) is 0 Å². The Morgan fingerprint density at radius 1 is 0.640 bits per heavy atom. The van der Waals surface area contributed by atoms with Gasteiger partial charge in [0.25, 0.3) is 9.76 Å². The molecule has 0 spiro atoms. The van der Waals surface area contributed by atoms with Crippen LogP contribution in [-0.4, -0.2) is 15.9 Å². The van der Waals surface area contributed by atoms with E-state index in [1.807, 2.05) is 0 Å². The Balaban J connectivity index is 1.96. The highest BCUT2D eigenvalue weighted by molar-refractivity contribution is 6.53. The lowest BCUT2D eigenvalue weighted by atomic mass is 9.90. The Kier molecular flexibility index (Phi) is 3.30. The van der Waals surface area contributed by atoms with Crippen LogP contribution in [0.5, 0.6) is 0 Å². The van der Waals surface area contributed by atoms with Gasteiger partial charge in [-0.1, -0.05) is 66.7 Å². The van der Waals surface area contributed by atoms with Gasteiger partial charge in [-0.2, -0.15) is 0 Å². The largest absolute Gasteiger partial charge is 0.409 e. The number of fused-ring (bicyclic) bond motifs is 2. The van der Waals surface area contributed by atoms with Crippen molar-refractivity contribution in [1.29, 1.82) is 0 Å². The van der Waals surface area contributed by atoms with E-state index in [1.165, 1.54) is 48.3 Å². The van der Waals surface area contributed by atoms with Crippen LogP contribution in [0.25, 0.3) is 43.1 Å². The summed E-state index contributed by atoms with van der Waals surface area (Å²) in [6, 6.07) is 24.5. The predicted molar refractivity (Wildman–Crippen MR) is 109 cm³/mol. The first-order valence-electron chi connectivity index (χ1n) is 8.74. The monoisotopic (exact) mass is 338 g/mol. The van der Waals surface area contributed by atoms with Gasteiger partial charge >= 0.3 is 0 Å². The maximum atomic E-state index is 5.92. The SMILES string of the molecule is CC(C)O[Si]c1ccc2c3cccc4cccc(c5cccc1c52)c43. The van der Waals surface area contributed by atoms with E-state index in [2.05, 4.69) is 80.6 Å². The maximum absolute atomic E-state index is 5.92. The quantitative estimate of drug-likeness (QED) is 0.243. The molecule has 0 aliphatic rings. The highest BCUT2D eigenvalue weighted by Gasteiger charge is 2.14. The van der Waals surface area contributed by atoms with Crippen molar-refractivity contribution in [2.75, 3.05) is 0 Å². The van der Waals surface area contributed by atoms with Crippen molar-refractivity contribution < 1.29 is 4.43 Å². The molecule has 25 heavy (non-hydrogen) atoms. The molecule has 0 atom stereocenters. The molecule has 0 aliphatic carbocycles. The summed E-state index contributed by atoms with van der Waals surface area (Å²) in [5.41, 5.74) is 0. The Morgan fingerprint density at radius 3 is 1.88 bits per heavy atom. The molecule has 2 heteroatoms. The summed E-state index contributed by atoms with van der Waals surface area (Å²) >= 11 is 0. The summed E-state index contributed by atoms with van der Waals surface area (Å²) in [5, 5.41) is 12.0. The normalized spacial score (nSPS) is 12.3. The van der Waals surface area contributed by atoms with Gasteiger partial charge in [-0.05, 0) is 62.1 Å². The van der Waals surface area contributed by atoms with Crippen molar-refractivity contribution in [3.05, 3.63) is 66.7 Å². The highest BCUT2D eigenvalue weighted by atomic mass is 28.2. The summed E-state index contributed by atoms with van der Waals surface area (Å²) in [5.74, 6) is 0. The van der Waals surface area contributed by atoms with Gasteiger partial charge in [-0.15, -0.1) is 0 Å². The Hall–Kier alpha value is -2.42. The van der Waals surface area contributed by atoms with E-state index >= 15 is 0 Å². The van der Waals surface area contributed by atoms with Gasteiger partial charge in [0.05, 0.1) is 0 Å². The fourth-order valence-corrected chi connectivity index (χ4v) is 4.75. The molecule has 0 saturated carbocycles. The standard InChI is InChI=1S/C23H18OSi/c1-14(2)24-25-21-13-12-19-17-9-4-7-15-6-3-8-16(22(15)17)18-10-5-11-20(21)23(18)19/h3-14H,1-2H3. The van der Waals surface area contributed by atoms with Crippen LogP contribution in [0.15, 0.2) is 66.7 Å². The minimum absolute atomic E-state index is 0.249. The molecule has 0 amide bonds. The molecule has 0 aliphatic heterocycles. The van der Waals surface area contributed by atoms with Gasteiger partial charge in [0.2, 0.25) is 0 Å². The second-order valence-electron chi connectivity index (χ2n) is 6.87. The molecule has 0 bridgehead atoms. The van der Waals surface area contributed by atoms with E-state index < -0.39 is 0 Å². The lowest BCUT2D eigenvalue weighted by Crippen LogP contribution is -2.21. The molecule has 5 aromatic rings. The molecule has 0 fully saturated rings.